The fourth-order valence-electron chi connectivity index (χ4n) is 5.48. The van der Waals surface area contributed by atoms with Crippen LogP contribution in [0.2, 0.25) is 0 Å². The summed E-state index contributed by atoms with van der Waals surface area (Å²) in [5.74, 6) is -0.337. The zero-order valence-electron chi connectivity index (χ0n) is 25.5. The van der Waals surface area contributed by atoms with Crippen LogP contribution in [-0.2, 0) is 21.8 Å². The second-order valence-corrected chi connectivity index (χ2v) is 13.0. The van der Waals surface area contributed by atoms with Gasteiger partial charge in [-0.25, -0.2) is 4.39 Å². The topological polar surface area (TPSA) is 111 Å². The second-order valence-electron chi connectivity index (χ2n) is 10.8. The highest BCUT2D eigenvalue weighted by Gasteiger charge is 2.48. The molecule has 3 heterocycles. The lowest BCUT2D eigenvalue weighted by atomic mass is 9.94. The molecule has 2 aliphatic rings. The summed E-state index contributed by atoms with van der Waals surface area (Å²) in [6.45, 7) is 6.65. The summed E-state index contributed by atoms with van der Waals surface area (Å²) < 4.78 is 32.3. The van der Waals surface area contributed by atoms with Crippen LogP contribution in [0.3, 0.4) is 0 Å². The average Bonchev–Trinajstić information content (AvgIpc) is 3.74. The number of ketones is 1. The number of aliphatic hydroxyl groups excluding tert-OH is 1. The molecule has 238 valence electrons. The molecule has 1 fully saturated rings. The van der Waals surface area contributed by atoms with E-state index in [1.807, 2.05) is 20.8 Å². The van der Waals surface area contributed by atoms with Crippen molar-refractivity contribution in [3.8, 4) is 17.2 Å². The van der Waals surface area contributed by atoms with Gasteiger partial charge in [0.1, 0.15) is 23.4 Å². The maximum Gasteiger partial charge on any atom is 0.301 e. The molecule has 0 aliphatic carbocycles. The number of nitrogens with zero attached hydrogens (tertiary/aromatic N) is 3. The van der Waals surface area contributed by atoms with Gasteiger partial charge >= 0.3 is 5.91 Å². The Hall–Kier alpha value is -4.42. The highest BCUT2D eigenvalue weighted by molar-refractivity contribution is 8.00. The smallest absolute Gasteiger partial charge is 0.301 e. The Morgan fingerprint density at radius 1 is 1.09 bits per heavy atom. The maximum absolute atomic E-state index is 14.2. The van der Waals surface area contributed by atoms with Crippen LogP contribution in [0.4, 0.5) is 9.52 Å². The van der Waals surface area contributed by atoms with Gasteiger partial charge < -0.3 is 19.3 Å². The van der Waals surface area contributed by atoms with Crippen LogP contribution < -0.4 is 19.1 Å². The first-order chi connectivity index (χ1) is 22.3. The van der Waals surface area contributed by atoms with Gasteiger partial charge in [-0.05, 0) is 73.4 Å². The number of rotatable bonds is 11. The highest BCUT2D eigenvalue weighted by Crippen LogP contribution is 2.46. The summed E-state index contributed by atoms with van der Waals surface area (Å²) in [5.41, 5.74) is 2.23. The summed E-state index contributed by atoms with van der Waals surface area (Å²) in [6.07, 6.45) is 1.45. The van der Waals surface area contributed by atoms with Crippen LogP contribution in [0.5, 0.6) is 17.2 Å². The largest absolute Gasteiger partial charge is 0.507 e. The van der Waals surface area contributed by atoms with Gasteiger partial charge in [0.05, 0.1) is 24.8 Å². The first kappa shape index (κ1) is 31.6. The molecule has 1 N–H and O–H groups in total. The molecular formula is C34H32FN3O6S2. The van der Waals surface area contributed by atoms with E-state index < -0.39 is 17.7 Å². The van der Waals surface area contributed by atoms with Crippen molar-refractivity contribution in [1.82, 2.24) is 10.2 Å². The van der Waals surface area contributed by atoms with E-state index in [4.69, 9.17) is 14.2 Å². The lowest BCUT2D eigenvalue weighted by molar-refractivity contribution is -0.132. The summed E-state index contributed by atoms with van der Waals surface area (Å²) >= 11 is 2.38. The number of thioether (sulfide) groups is 1. The van der Waals surface area contributed by atoms with E-state index in [2.05, 4.69) is 10.2 Å². The van der Waals surface area contributed by atoms with Crippen LogP contribution in [0.15, 0.2) is 70.6 Å². The Kier molecular flexibility index (Phi) is 9.27. The monoisotopic (exact) mass is 661 g/mol. The van der Waals surface area contributed by atoms with Gasteiger partial charge in [-0.3, -0.25) is 14.5 Å². The molecule has 9 nitrogen and oxygen atoms in total. The third-order valence-electron chi connectivity index (χ3n) is 7.57. The van der Waals surface area contributed by atoms with Gasteiger partial charge in [0.15, 0.2) is 15.8 Å². The molecule has 1 saturated heterocycles. The number of carbonyl (C=O) groups is 2. The number of halogens is 1. The Morgan fingerprint density at radius 2 is 1.91 bits per heavy atom. The van der Waals surface area contributed by atoms with Gasteiger partial charge in [0.2, 0.25) is 5.13 Å². The van der Waals surface area contributed by atoms with E-state index >= 15 is 0 Å². The molecule has 46 heavy (non-hydrogen) atoms. The van der Waals surface area contributed by atoms with Crippen LogP contribution in [0, 0.1) is 5.82 Å². The number of carbonyl (C=O) groups excluding carboxylic acids is 2. The molecule has 1 amide bonds. The number of aromatic nitrogens is 2. The Bertz CT molecular complexity index is 1830. The molecule has 12 heteroatoms. The molecule has 2 unspecified atom stereocenters. The van der Waals surface area contributed by atoms with Crippen molar-refractivity contribution in [2.45, 2.75) is 55.9 Å². The summed E-state index contributed by atoms with van der Waals surface area (Å²) in [5, 5.41) is 20.4. The lowest BCUT2D eigenvalue weighted by Crippen LogP contribution is -2.29. The second kappa shape index (κ2) is 13.5. The number of amides is 1. The number of ether oxygens (including phenoxy) is 3. The van der Waals surface area contributed by atoms with Crippen LogP contribution >= 0.6 is 23.1 Å². The van der Waals surface area contributed by atoms with Gasteiger partial charge in [-0.1, -0.05) is 54.3 Å². The molecule has 0 saturated carbocycles. The first-order valence-electron chi connectivity index (χ1n) is 15.0. The van der Waals surface area contributed by atoms with Gasteiger partial charge in [0, 0.05) is 17.7 Å². The predicted octanol–water partition coefficient (Wildman–Crippen LogP) is 7.11. The van der Waals surface area contributed by atoms with Crippen molar-refractivity contribution >= 4 is 45.7 Å². The highest BCUT2D eigenvalue weighted by atomic mass is 32.2. The fourth-order valence-corrected chi connectivity index (χ4v) is 7.33. The number of fused-ring (bicyclic) bond motifs is 1. The zero-order valence-corrected chi connectivity index (χ0v) is 27.1. The number of anilines is 1. The zero-order chi connectivity index (χ0) is 32.4. The molecule has 4 aromatic rings. The minimum Gasteiger partial charge on any atom is -0.507 e. The number of aliphatic hydroxyl groups is 1. The normalized spacial score (nSPS) is 18.5. The average molecular weight is 662 g/mol. The minimum atomic E-state index is -1.04. The third kappa shape index (κ3) is 6.19. The molecule has 0 radical (unpaired) electrons. The standard InChI is InChI=1S/C34H32FN3O6S2/c1-4-14-43-26-13-10-20(17-27(26)42-5-2)29-28(30(39)21-11-12-25-23(16-21)15-19(3)44-25)31(40)32(41)38(29)33-36-37-34(46-33)45-18-22-8-6-7-9-24(22)35/h6-13,16-17,19,29,39H,4-5,14-15,18H2,1-3H3/b30-28+. The quantitative estimate of drug-likeness (QED) is 0.0591. The minimum absolute atomic E-state index is 0.00810. The Balaban J connectivity index is 1.43. The van der Waals surface area contributed by atoms with Crippen LogP contribution in [-0.4, -0.2) is 46.3 Å². The summed E-state index contributed by atoms with van der Waals surface area (Å²) in [6, 6.07) is 15.9. The van der Waals surface area contributed by atoms with Crippen molar-refractivity contribution in [3.63, 3.8) is 0 Å². The maximum atomic E-state index is 14.2. The van der Waals surface area contributed by atoms with Gasteiger partial charge in [-0.15, -0.1) is 10.2 Å². The van der Waals surface area contributed by atoms with Crippen molar-refractivity contribution in [3.05, 3.63) is 94.3 Å². The number of Topliss-reactive ketones (excluding diaryl/α,β-unsaturated/α-hetero) is 1. The summed E-state index contributed by atoms with van der Waals surface area (Å²) in [4.78, 5) is 28.8. The molecule has 3 aromatic carbocycles. The summed E-state index contributed by atoms with van der Waals surface area (Å²) in [7, 11) is 0. The SMILES string of the molecule is CCCOc1ccc(C2/C(=C(\O)c3ccc4c(c3)CC(C)O4)C(=O)C(=O)N2c2nnc(SCc3ccccc3F)s2)cc1OCC. The molecule has 2 atom stereocenters. The van der Waals surface area contributed by atoms with Crippen molar-refractivity contribution < 1.29 is 33.3 Å². The van der Waals surface area contributed by atoms with E-state index in [9.17, 15) is 19.1 Å². The Morgan fingerprint density at radius 3 is 2.70 bits per heavy atom. The molecule has 0 bridgehead atoms. The van der Waals surface area contributed by atoms with Crippen molar-refractivity contribution in [2.75, 3.05) is 18.1 Å². The fraction of sp³-hybridized carbons (Fsp3) is 0.294. The van der Waals surface area contributed by atoms with Crippen LogP contribution in [0.1, 0.15) is 55.5 Å². The van der Waals surface area contributed by atoms with E-state index in [1.165, 1.54) is 22.7 Å². The lowest BCUT2D eigenvalue weighted by Gasteiger charge is -2.23. The van der Waals surface area contributed by atoms with Gasteiger partial charge in [-0.2, -0.15) is 0 Å². The van der Waals surface area contributed by atoms with Crippen LogP contribution in [0.25, 0.3) is 5.76 Å². The molecular weight excluding hydrogens is 630 g/mol. The van der Waals surface area contributed by atoms with E-state index in [0.29, 0.717) is 57.9 Å². The predicted molar refractivity (Wildman–Crippen MR) is 174 cm³/mol. The molecule has 2 aliphatic heterocycles. The number of hydrogen-bond acceptors (Lipinski definition) is 10. The van der Waals surface area contributed by atoms with E-state index in [0.717, 1.165) is 29.1 Å². The van der Waals surface area contributed by atoms with Crippen molar-refractivity contribution in [1.29, 1.82) is 0 Å². The third-order valence-corrected chi connectivity index (χ3v) is 9.67. The molecule has 1 aromatic heterocycles. The number of hydrogen-bond donors (Lipinski definition) is 1. The first-order valence-corrected chi connectivity index (χ1v) is 16.8. The Labute approximate surface area is 274 Å². The van der Waals surface area contributed by atoms with Crippen molar-refractivity contribution in [2.24, 2.45) is 0 Å². The molecule has 6 rings (SSSR count). The van der Waals surface area contributed by atoms with E-state index in [1.54, 1.807) is 54.6 Å². The van der Waals surface area contributed by atoms with Gasteiger partial charge in [0.25, 0.3) is 5.78 Å². The number of benzene rings is 3. The van der Waals surface area contributed by atoms with E-state index in [-0.39, 0.29) is 28.4 Å². The molecule has 0 spiro atoms.